The van der Waals surface area contributed by atoms with Crippen molar-refractivity contribution in [2.45, 2.75) is 22.6 Å². The Morgan fingerprint density at radius 3 is 2.31 bits per heavy atom. The van der Waals surface area contributed by atoms with E-state index in [-0.39, 0.29) is 15.4 Å². The summed E-state index contributed by atoms with van der Waals surface area (Å²) in [5.41, 5.74) is 2.12. The highest BCUT2D eigenvalue weighted by atomic mass is 32.2. The predicted molar refractivity (Wildman–Crippen MR) is 116 cm³/mol. The van der Waals surface area contributed by atoms with E-state index in [1.165, 1.54) is 52.8 Å². The molecule has 2 N–H and O–H groups in total. The third-order valence-electron chi connectivity index (χ3n) is 4.79. The summed E-state index contributed by atoms with van der Waals surface area (Å²) in [5, 5.41) is 0. The first-order chi connectivity index (χ1) is 15.2. The number of rotatable bonds is 10. The van der Waals surface area contributed by atoms with Gasteiger partial charge in [-0.3, -0.25) is 10.2 Å². The SMILES string of the molecule is COCCOc1ccc(S(=O)(=O)NNC(=O)c2cccc(S(=O)(=O)N3CCCC3)c2)cc1. The third-order valence-corrected chi connectivity index (χ3v) is 7.95. The highest BCUT2D eigenvalue weighted by Crippen LogP contribution is 2.21. The number of nitrogens with zero attached hydrogens (tertiary/aromatic N) is 1. The molecule has 2 aromatic rings. The minimum absolute atomic E-state index is 0.00913. The van der Waals surface area contributed by atoms with Gasteiger partial charge in [-0.05, 0) is 55.3 Å². The quantitative estimate of drug-likeness (QED) is 0.382. The van der Waals surface area contributed by atoms with Gasteiger partial charge in [0.15, 0.2) is 0 Å². The van der Waals surface area contributed by atoms with E-state index in [1.54, 1.807) is 7.11 Å². The molecule has 1 aliphatic rings. The van der Waals surface area contributed by atoms with Crippen molar-refractivity contribution in [2.24, 2.45) is 0 Å². The molecule has 0 aromatic heterocycles. The standard InChI is InChI=1S/C20H25N3O7S2/c1-29-13-14-30-17-7-9-18(10-8-17)31(25,26)22-21-20(24)16-5-4-6-19(15-16)32(27,28)23-11-2-3-12-23/h4-10,15,22H,2-3,11-14H2,1H3,(H,21,24). The number of sulfonamides is 2. The molecule has 174 valence electrons. The van der Waals surface area contributed by atoms with E-state index in [4.69, 9.17) is 9.47 Å². The van der Waals surface area contributed by atoms with E-state index >= 15 is 0 Å². The monoisotopic (exact) mass is 483 g/mol. The molecule has 1 amide bonds. The molecule has 0 bridgehead atoms. The lowest BCUT2D eigenvalue weighted by molar-refractivity contribution is 0.0945. The number of carbonyl (C=O) groups excluding carboxylic acids is 1. The van der Waals surface area contributed by atoms with Gasteiger partial charge in [-0.1, -0.05) is 6.07 Å². The molecule has 1 heterocycles. The van der Waals surface area contributed by atoms with Crippen LogP contribution in [0.2, 0.25) is 0 Å². The maximum absolute atomic E-state index is 12.7. The van der Waals surface area contributed by atoms with Gasteiger partial charge in [0.2, 0.25) is 10.0 Å². The number of hydrogen-bond donors (Lipinski definition) is 2. The van der Waals surface area contributed by atoms with Crippen LogP contribution in [0.15, 0.2) is 58.3 Å². The van der Waals surface area contributed by atoms with Crippen LogP contribution in [0.5, 0.6) is 5.75 Å². The fourth-order valence-corrected chi connectivity index (χ4v) is 5.48. The normalized spacial score (nSPS) is 14.9. The van der Waals surface area contributed by atoms with Crippen LogP contribution >= 0.6 is 0 Å². The Balaban J connectivity index is 1.65. The Hall–Kier alpha value is -2.51. The molecule has 1 fully saturated rings. The minimum Gasteiger partial charge on any atom is -0.491 e. The number of hydrogen-bond acceptors (Lipinski definition) is 7. The Morgan fingerprint density at radius 2 is 1.66 bits per heavy atom. The summed E-state index contributed by atoms with van der Waals surface area (Å²) in [4.78, 5) is 14.4. The molecule has 32 heavy (non-hydrogen) atoms. The summed E-state index contributed by atoms with van der Waals surface area (Å²) in [6, 6.07) is 11.1. The van der Waals surface area contributed by atoms with Crippen LogP contribution in [0.3, 0.4) is 0 Å². The summed E-state index contributed by atoms with van der Waals surface area (Å²) < 4.78 is 61.9. The minimum atomic E-state index is -4.05. The number of nitrogens with one attached hydrogen (secondary N) is 2. The summed E-state index contributed by atoms with van der Waals surface area (Å²) in [5.74, 6) is -0.312. The van der Waals surface area contributed by atoms with Crippen molar-refractivity contribution in [3.8, 4) is 5.75 Å². The molecule has 0 atom stereocenters. The van der Waals surface area contributed by atoms with Crippen LogP contribution < -0.4 is 15.0 Å². The zero-order chi connectivity index (χ0) is 23.2. The summed E-state index contributed by atoms with van der Waals surface area (Å²) in [7, 11) is -6.20. The summed E-state index contributed by atoms with van der Waals surface area (Å²) >= 11 is 0. The second-order valence-corrected chi connectivity index (χ2v) is 10.6. The van der Waals surface area contributed by atoms with Gasteiger partial charge >= 0.3 is 0 Å². The largest absolute Gasteiger partial charge is 0.491 e. The van der Waals surface area contributed by atoms with E-state index in [9.17, 15) is 21.6 Å². The van der Waals surface area contributed by atoms with E-state index in [0.717, 1.165) is 12.8 Å². The molecule has 0 saturated carbocycles. The summed E-state index contributed by atoms with van der Waals surface area (Å²) in [6.07, 6.45) is 1.59. The van der Waals surface area contributed by atoms with Gasteiger partial charge < -0.3 is 9.47 Å². The third kappa shape index (κ3) is 5.84. The van der Waals surface area contributed by atoms with Crippen LogP contribution in [0.1, 0.15) is 23.2 Å². The Kier molecular flexibility index (Phi) is 7.85. The van der Waals surface area contributed by atoms with Crippen molar-refractivity contribution < 1.29 is 31.1 Å². The molecule has 2 aromatic carbocycles. The van der Waals surface area contributed by atoms with Gasteiger partial charge in [0, 0.05) is 25.8 Å². The van der Waals surface area contributed by atoms with Crippen molar-refractivity contribution in [2.75, 3.05) is 33.4 Å². The molecule has 10 nitrogen and oxygen atoms in total. The first-order valence-corrected chi connectivity index (χ1v) is 12.8. The van der Waals surface area contributed by atoms with E-state index in [2.05, 4.69) is 5.43 Å². The summed E-state index contributed by atoms with van der Waals surface area (Å²) in [6.45, 7) is 1.60. The van der Waals surface area contributed by atoms with E-state index in [0.29, 0.717) is 32.1 Å². The number of benzene rings is 2. The maximum Gasteiger partial charge on any atom is 0.266 e. The van der Waals surface area contributed by atoms with Crippen LogP contribution in [0.25, 0.3) is 0 Å². The highest BCUT2D eigenvalue weighted by molar-refractivity contribution is 7.89. The molecular formula is C20H25N3O7S2. The lowest BCUT2D eigenvalue weighted by atomic mass is 10.2. The molecule has 3 rings (SSSR count). The molecule has 0 spiro atoms. The molecule has 1 aliphatic heterocycles. The van der Waals surface area contributed by atoms with Gasteiger partial charge in [-0.2, -0.15) is 4.31 Å². The smallest absolute Gasteiger partial charge is 0.266 e. The zero-order valence-electron chi connectivity index (χ0n) is 17.5. The Labute approximate surface area is 187 Å². The van der Waals surface area contributed by atoms with Crippen molar-refractivity contribution in [3.05, 3.63) is 54.1 Å². The molecule has 1 saturated heterocycles. The molecule has 0 unspecified atom stereocenters. The van der Waals surface area contributed by atoms with Crippen LogP contribution in [0.4, 0.5) is 0 Å². The number of ether oxygens (including phenoxy) is 2. The van der Waals surface area contributed by atoms with Gasteiger partial charge in [0.1, 0.15) is 12.4 Å². The van der Waals surface area contributed by atoms with Gasteiger partial charge in [0.25, 0.3) is 15.9 Å². The number of amides is 1. The maximum atomic E-state index is 12.7. The Morgan fingerprint density at radius 1 is 0.969 bits per heavy atom. The molecule has 0 aliphatic carbocycles. The average Bonchev–Trinajstić information content (AvgIpc) is 3.34. The first-order valence-electron chi connectivity index (χ1n) is 9.88. The molecular weight excluding hydrogens is 458 g/mol. The van der Waals surface area contributed by atoms with Crippen LogP contribution in [0, 0.1) is 0 Å². The van der Waals surface area contributed by atoms with Crippen molar-refractivity contribution in [3.63, 3.8) is 0 Å². The lowest BCUT2D eigenvalue weighted by Gasteiger charge is -2.16. The van der Waals surface area contributed by atoms with E-state index < -0.39 is 26.0 Å². The van der Waals surface area contributed by atoms with E-state index in [1.807, 2.05) is 4.83 Å². The van der Waals surface area contributed by atoms with Gasteiger partial charge in [-0.25, -0.2) is 16.8 Å². The predicted octanol–water partition coefficient (Wildman–Crippen LogP) is 1.12. The van der Waals surface area contributed by atoms with Crippen LogP contribution in [-0.2, 0) is 24.8 Å². The Bertz CT molecular complexity index is 1140. The molecule has 12 heteroatoms. The fourth-order valence-electron chi connectivity index (χ4n) is 3.08. The fraction of sp³-hybridized carbons (Fsp3) is 0.350. The average molecular weight is 484 g/mol. The van der Waals surface area contributed by atoms with Crippen molar-refractivity contribution >= 4 is 26.0 Å². The first kappa shape index (κ1) is 24.1. The van der Waals surface area contributed by atoms with Crippen molar-refractivity contribution in [1.29, 1.82) is 0 Å². The van der Waals surface area contributed by atoms with Gasteiger partial charge in [0.05, 0.1) is 16.4 Å². The number of carbonyl (C=O) groups is 1. The van der Waals surface area contributed by atoms with Crippen molar-refractivity contribution in [1.82, 2.24) is 14.6 Å². The number of hydrazine groups is 1. The lowest BCUT2D eigenvalue weighted by Crippen LogP contribution is -2.41. The topological polar surface area (TPSA) is 131 Å². The number of methoxy groups -OCH3 is 1. The molecule has 0 radical (unpaired) electrons. The highest BCUT2D eigenvalue weighted by Gasteiger charge is 2.27. The second-order valence-electron chi connectivity index (χ2n) is 7.01. The second kappa shape index (κ2) is 10.4. The zero-order valence-corrected chi connectivity index (χ0v) is 19.1. The van der Waals surface area contributed by atoms with Crippen LogP contribution in [-0.4, -0.2) is 60.5 Å². The van der Waals surface area contributed by atoms with Gasteiger partial charge in [-0.15, -0.1) is 4.83 Å².